The van der Waals surface area contributed by atoms with Gasteiger partial charge in [0.2, 0.25) is 5.91 Å². The molecule has 2 N–H and O–H groups in total. The van der Waals surface area contributed by atoms with Crippen molar-refractivity contribution in [1.29, 1.82) is 0 Å². The minimum absolute atomic E-state index is 0.00710. The number of amides is 1. The molecular weight excluding hydrogens is 295 g/mol. The van der Waals surface area contributed by atoms with Crippen LogP contribution in [0.25, 0.3) is 0 Å². The lowest BCUT2D eigenvalue weighted by Gasteiger charge is -2.23. The number of rotatable bonds is 4. The summed E-state index contributed by atoms with van der Waals surface area (Å²) in [6.07, 6.45) is -4.21. The summed E-state index contributed by atoms with van der Waals surface area (Å²) in [6.45, 7) is 1.78. The molecule has 1 unspecified atom stereocenters. The van der Waals surface area contributed by atoms with E-state index in [0.29, 0.717) is 19.8 Å². The number of nitrogens with one attached hydrogen (secondary N) is 2. The first-order chi connectivity index (χ1) is 9.45. The van der Waals surface area contributed by atoms with E-state index < -0.39 is 11.9 Å². The number of hydrogen-bond donors (Lipinski definition) is 2. The van der Waals surface area contributed by atoms with Gasteiger partial charge in [-0.2, -0.15) is 13.2 Å². The van der Waals surface area contributed by atoms with Crippen molar-refractivity contribution in [1.82, 2.24) is 15.6 Å². The van der Waals surface area contributed by atoms with Crippen LogP contribution in [0.1, 0.15) is 17.1 Å². The van der Waals surface area contributed by atoms with Crippen molar-refractivity contribution in [3.63, 3.8) is 0 Å². The molecule has 0 aliphatic carbocycles. The monoisotopic (exact) mass is 309 g/mol. The van der Waals surface area contributed by atoms with E-state index in [4.69, 9.17) is 4.74 Å². The van der Waals surface area contributed by atoms with Crippen LogP contribution in [0.5, 0.6) is 0 Å². The van der Waals surface area contributed by atoms with Gasteiger partial charge >= 0.3 is 6.18 Å². The molecule has 0 aromatic carbocycles. The lowest BCUT2D eigenvalue weighted by Crippen LogP contribution is -2.44. The van der Waals surface area contributed by atoms with Gasteiger partial charge in [-0.25, -0.2) is 4.98 Å². The van der Waals surface area contributed by atoms with Gasteiger partial charge in [0.05, 0.1) is 19.8 Å². The van der Waals surface area contributed by atoms with Crippen LogP contribution in [-0.4, -0.2) is 36.7 Å². The molecule has 0 spiro atoms. The Morgan fingerprint density at radius 2 is 2.40 bits per heavy atom. The Morgan fingerprint density at radius 3 is 3.00 bits per heavy atom. The topological polar surface area (TPSA) is 63.2 Å². The van der Waals surface area contributed by atoms with Crippen molar-refractivity contribution < 1.29 is 22.7 Å². The fraction of sp³-hybridized carbons (Fsp3) is 0.636. The second-order valence-corrected chi connectivity index (χ2v) is 5.27. The highest BCUT2D eigenvalue weighted by Gasteiger charge is 2.33. The number of morpholine rings is 1. The van der Waals surface area contributed by atoms with Crippen LogP contribution < -0.4 is 10.6 Å². The lowest BCUT2D eigenvalue weighted by molar-refractivity contribution is -0.140. The average Bonchev–Trinajstić information content (AvgIpc) is 2.86. The summed E-state index contributed by atoms with van der Waals surface area (Å²) in [5.74, 6) is -0.239. The van der Waals surface area contributed by atoms with E-state index in [-0.39, 0.29) is 29.9 Å². The summed E-state index contributed by atoms with van der Waals surface area (Å²) in [5.41, 5.74) is -0.922. The Hall–Kier alpha value is -1.19. The van der Waals surface area contributed by atoms with E-state index in [9.17, 15) is 18.0 Å². The van der Waals surface area contributed by atoms with Gasteiger partial charge in [0.15, 0.2) is 5.69 Å². The molecule has 2 heterocycles. The highest BCUT2D eigenvalue weighted by atomic mass is 32.1. The number of aromatic nitrogens is 1. The molecule has 1 fully saturated rings. The molecule has 2 rings (SSSR count). The van der Waals surface area contributed by atoms with Gasteiger partial charge in [0.1, 0.15) is 5.01 Å². The third-order valence-electron chi connectivity index (χ3n) is 2.71. The first kappa shape index (κ1) is 15.2. The minimum Gasteiger partial charge on any atom is -0.378 e. The lowest BCUT2D eigenvalue weighted by atomic mass is 10.2. The molecular formula is C11H14F3N3O2S. The number of ether oxygens (including phenoxy) is 1. The molecule has 20 heavy (non-hydrogen) atoms. The molecule has 1 aromatic rings. The maximum absolute atomic E-state index is 12.3. The summed E-state index contributed by atoms with van der Waals surface area (Å²) in [6, 6.07) is -0.0502. The Balaban J connectivity index is 1.76. The van der Waals surface area contributed by atoms with Crippen LogP contribution in [0, 0.1) is 0 Å². The molecule has 0 radical (unpaired) electrons. The third-order valence-corrected chi connectivity index (χ3v) is 3.56. The zero-order chi connectivity index (χ0) is 14.6. The van der Waals surface area contributed by atoms with Crippen LogP contribution in [0.3, 0.4) is 0 Å². The van der Waals surface area contributed by atoms with Crippen LogP contribution in [-0.2, 0) is 22.3 Å². The van der Waals surface area contributed by atoms with E-state index in [2.05, 4.69) is 15.6 Å². The van der Waals surface area contributed by atoms with Crippen molar-refractivity contribution in [2.24, 2.45) is 0 Å². The molecule has 1 saturated heterocycles. The van der Waals surface area contributed by atoms with Crippen molar-refractivity contribution in [2.75, 3.05) is 19.8 Å². The predicted octanol–water partition coefficient (Wildman–Crippen LogP) is 1.16. The van der Waals surface area contributed by atoms with Crippen molar-refractivity contribution in [3.05, 3.63) is 16.1 Å². The van der Waals surface area contributed by atoms with Gasteiger partial charge in [-0.15, -0.1) is 11.3 Å². The zero-order valence-electron chi connectivity index (χ0n) is 10.5. The van der Waals surface area contributed by atoms with Crippen LogP contribution in [0.15, 0.2) is 5.38 Å². The van der Waals surface area contributed by atoms with Crippen LogP contribution >= 0.6 is 11.3 Å². The normalized spacial score (nSPS) is 19.9. The number of carbonyl (C=O) groups excluding carboxylic acids is 1. The predicted molar refractivity (Wildman–Crippen MR) is 66.2 cm³/mol. The van der Waals surface area contributed by atoms with Gasteiger partial charge in [-0.05, 0) is 0 Å². The maximum Gasteiger partial charge on any atom is 0.434 e. The minimum atomic E-state index is -4.44. The fourth-order valence-electron chi connectivity index (χ4n) is 1.74. The van der Waals surface area contributed by atoms with Crippen LogP contribution in [0.2, 0.25) is 0 Å². The van der Waals surface area contributed by atoms with Gasteiger partial charge in [-0.3, -0.25) is 4.79 Å². The summed E-state index contributed by atoms with van der Waals surface area (Å²) in [5, 5.41) is 6.86. The molecule has 1 aromatic heterocycles. The van der Waals surface area contributed by atoms with Gasteiger partial charge in [0.25, 0.3) is 0 Å². The first-order valence-corrected chi connectivity index (χ1v) is 6.92. The van der Waals surface area contributed by atoms with E-state index >= 15 is 0 Å². The average molecular weight is 309 g/mol. The molecule has 1 amide bonds. The maximum atomic E-state index is 12.3. The van der Waals surface area contributed by atoms with E-state index in [1.807, 2.05) is 0 Å². The Morgan fingerprint density at radius 1 is 1.60 bits per heavy atom. The number of thiazole rings is 1. The Kier molecular flexibility index (Phi) is 4.95. The Labute approximate surface area is 117 Å². The summed E-state index contributed by atoms with van der Waals surface area (Å²) in [7, 11) is 0. The first-order valence-electron chi connectivity index (χ1n) is 6.04. The number of halogens is 3. The zero-order valence-corrected chi connectivity index (χ0v) is 11.3. The number of nitrogens with zero attached hydrogens (tertiary/aromatic N) is 1. The summed E-state index contributed by atoms with van der Waals surface area (Å²) < 4.78 is 42.2. The Bertz CT molecular complexity index is 458. The second-order valence-electron chi connectivity index (χ2n) is 4.33. The summed E-state index contributed by atoms with van der Waals surface area (Å²) in [4.78, 5) is 15.1. The summed E-state index contributed by atoms with van der Waals surface area (Å²) >= 11 is 0.878. The number of carbonyl (C=O) groups is 1. The molecule has 112 valence electrons. The van der Waals surface area contributed by atoms with Crippen molar-refractivity contribution >= 4 is 17.2 Å². The number of hydrogen-bond acceptors (Lipinski definition) is 5. The molecule has 9 heteroatoms. The van der Waals surface area contributed by atoms with E-state index in [1.165, 1.54) is 0 Å². The number of alkyl halides is 3. The quantitative estimate of drug-likeness (QED) is 0.876. The SMILES string of the molecule is O=C(CC1COCCN1)NCc1nc(C(F)(F)F)cs1. The van der Waals surface area contributed by atoms with E-state index in [1.54, 1.807) is 0 Å². The largest absolute Gasteiger partial charge is 0.434 e. The van der Waals surface area contributed by atoms with Gasteiger partial charge in [-0.1, -0.05) is 0 Å². The van der Waals surface area contributed by atoms with Crippen molar-refractivity contribution in [2.45, 2.75) is 25.2 Å². The van der Waals surface area contributed by atoms with Crippen molar-refractivity contribution in [3.8, 4) is 0 Å². The molecule has 5 nitrogen and oxygen atoms in total. The molecule has 0 bridgehead atoms. The smallest absolute Gasteiger partial charge is 0.378 e. The highest BCUT2D eigenvalue weighted by Crippen LogP contribution is 2.29. The third kappa shape index (κ3) is 4.43. The molecule has 1 aliphatic rings. The molecule has 1 atom stereocenters. The van der Waals surface area contributed by atoms with Crippen LogP contribution in [0.4, 0.5) is 13.2 Å². The highest BCUT2D eigenvalue weighted by molar-refractivity contribution is 7.09. The van der Waals surface area contributed by atoms with Gasteiger partial charge < -0.3 is 15.4 Å². The fourth-order valence-corrected chi connectivity index (χ4v) is 2.48. The standard InChI is InChI=1S/C11H14F3N3O2S/c12-11(13,14)8-6-20-10(17-8)4-16-9(18)3-7-5-19-2-1-15-7/h6-7,15H,1-5H2,(H,16,18). The van der Waals surface area contributed by atoms with Gasteiger partial charge in [0, 0.05) is 24.4 Å². The molecule has 0 saturated carbocycles. The van der Waals surface area contributed by atoms with E-state index in [0.717, 1.165) is 16.7 Å². The molecule has 1 aliphatic heterocycles. The second kappa shape index (κ2) is 6.51.